The van der Waals surface area contributed by atoms with Crippen molar-refractivity contribution in [2.24, 2.45) is 4.99 Å². The number of benzene rings is 1. The van der Waals surface area contributed by atoms with Crippen molar-refractivity contribution in [3.63, 3.8) is 0 Å². The lowest BCUT2D eigenvalue weighted by Gasteiger charge is -2.17. The second kappa shape index (κ2) is 9.54. The number of hydrogen-bond donors (Lipinski definition) is 3. The van der Waals surface area contributed by atoms with Gasteiger partial charge in [0.25, 0.3) is 0 Å². The highest BCUT2D eigenvalue weighted by molar-refractivity contribution is 5.79. The quantitative estimate of drug-likeness (QED) is 0.407. The maximum atomic E-state index is 13.0. The lowest BCUT2D eigenvalue weighted by molar-refractivity contribution is 0.223. The van der Waals surface area contributed by atoms with Crippen LogP contribution in [0.3, 0.4) is 0 Å². The van der Waals surface area contributed by atoms with Crippen molar-refractivity contribution in [2.75, 3.05) is 13.1 Å². The second-order valence-corrected chi connectivity index (χ2v) is 6.04. The summed E-state index contributed by atoms with van der Waals surface area (Å²) in [5.41, 5.74) is 0. The molecule has 1 aromatic carbocycles. The Morgan fingerprint density at radius 3 is 2.82 bits per heavy atom. The average molecular weight is 386 g/mol. The lowest BCUT2D eigenvalue weighted by Crippen LogP contribution is -2.41. The lowest BCUT2D eigenvalue weighted by atomic mass is 10.3. The number of furan rings is 1. The van der Waals surface area contributed by atoms with Crippen molar-refractivity contribution in [1.29, 1.82) is 0 Å². The summed E-state index contributed by atoms with van der Waals surface area (Å²) in [6, 6.07) is 9.53. The summed E-state index contributed by atoms with van der Waals surface area (Å²) in [7, 11) is 0. The largest absolute Gasteiger partial charge is 0.489 e. The first-order valence-corrected chi connectivity index (χ1v) is 9.03. The number of rotatable bonds is 8. The van der Waals surface area contributed by atoms with Crippen LogP contribution in [0.15, 0.2) is 52.1 Å². The van der Waals surface area contributed by atoms with Crippen LogP contribution in [-0.2, 0) is 6.54 Å². The molecule has 148 valence electrons. The first-order valence-electron chi connectivity index (χ1n) is 9.03. The topological polar surface area (TPSA) is 100 Å². The molecule has 0 aliphatic rings. The van der Waals surface area contributed by atoms with Crippen LogP contribution < -0.4 is 15.4 Å². The van der Waals surface area contributed by atoms with E-state index in [9.17, 15) is 4.39 Å². The molecule has 0 spiro atoms. The number of aliphatic imine (C=N–C) groups is 1. The van der Waals surface area contributed by atoms with Crippen molar-refractivity contribution in [3.05, 3.63) is 54.3 Å². The number of nitrogens with one attached hydrogen (secondary N) is 3. The maximum Gasteiger partial charge on any atom is 0.216 e. The fourth-order valence-corrected chi connectivity index (χ4v) is 2.41. The van der Waals surface area contributed by atoms with Gasteiger partial charge >= 0.3 is 0 Å². The highest BCUT2D eigenvalue weighted by Gasteiger charge is 2.09. The molecule has 3 rings (SSSR count). The first-order chi connectivity index (χ1) is 13.6. The number of aromatic nitrogens is 3. The predicted molar refractivity (Wildman–Crippen MR) is 103 cm³/mol. The number of halogens is 1. The van der Waals surface area contributed by atoms with Crippen LogP contribution in [-0.4, -0.2) is 40.3 Å². The van der Waals surface area contributed by atoms with Crippen molar-refractivity contribution in [2.45, 2.75) is 26.5 Å². The minimum atomic E-state index is -0.290. The molecule has 2 heterocycles. The predicted octanol–water partition coefficient (Wildman–Crippen LogP) is 2.73. The van der Waals surface area contributed by atoms with Crippen molar-refractivity contribution < 1.29 is 13.5 Å². The summed E-state index contributed by atoms with van der Waals surface area (Å²) >= 11 is 0. The molecule has 0 radical (unpaired) electrons. The number of ether oxygens (including phenoxy) is 1. The Balaban J connectivity index is 1.53. The molecule has 9 heteroatoms. The standard InChI is InChI=1S/C19H23FN6O2/c1-3-21-19(22-11-13(2)28-15-8-6-14(20)7-9-15)23-12-17-24-18(26-25-17)16-5-4-10-27-16/h4-10,13H,3,11-12H2,1-2H3,(H2,21,22,23)(H,24,25,26). The minimum Gasteiger partial charge on any atom is -0.489 e. The van der Waals surface area contributed by atoms with Gasteiger partial charge in [-0.1, -0.05) is 0 Å². The molecule has 2 aromatic heterocycles. The maximum absolute atomic E-state index is 13.0. The SMILES string of the molecule is CCNC(=NCc1nc(-c2ccco2)n[nH]1)NCC(C)Oc1ccc(F)cc1. The van der Waals surface area contributed by atoms with Gasteiger partial charge in [-0.25, -0.2) is 14.4 Å². The van der Waals surface area contributed by atoms with E-state index in [2.05, 4.69) is 30.8 Å². The monoisotopic (exact) mass is 386 g/mol. The summed E-state index contributed by atoms with van der Waals surface area (Å²) in [5, 5.41) is 13.4. The van der Waals surface area contributed by atoms with Gasteiger partial charge in [-0.3, -0.25) is 5.10 Å². The van der Waals surface area contributed by atoms with Crippen molar-refractivity contribution in [1.82, 2.24) is 25.8 Å². The number of hydrogen-bond acceptors (Lipinski definition) is 5. The van der Waals surface area contributed by atoms with Crippen LogP contribution >= 0.6 is 0 Å². The second-order valence-electron chi connectivity index (χ2n) is 6.04. The smallest absolute Gasteiger partial charge is 0.216 e. The normalized spacial score (nSPS) is 12.6. The average Bonchev–Trinajstić information content (AvgIpc) is 3.37. The van der Waals surface area contributed by atoms with Gasteiger partial charge in [0.15, 0.2) is 11.7 Å². The zero-order valence-corrected chi connectivity index (χ0v) is 15.8. The van der Waals surface area contributed by atoms with E-state index in [0.717, 1.165) is 0 Å². The molecule has 28 heavy (non-hydrogen) atoms. The molecule has 0 amide bonds. The molecular weight excluding hydrogens is 363 g/mol. The van der Waals surface area contributed by atoms with E-state index in [1.54, 1.807) is 30.5 Å². The van der Waals surface area contributed by atoms with E-state index in [-0.39, 0.29) is 11.9 Å². The molecule has 1 atom stereocenters. The van der Waals surface area contributed by atoms with Gasteiger partial charge < -0.3 is 19.8 Å². The molecule has 0 fully saturated rings. The molecule has 0 bridgehead atoms. The molecular formula is C19H23FN6O2. The first kappa shape index (κ1) is 19.4. The zero-order valence-electron chi connectivity index (χ0n) is 15.8. The molecule has 0 aliphatic carbocycles. The molecule has 1 unspecified atom stereocenters. The molecule has 0 aliphatic heterocycles. The Bertz CT molecular complexity index is 876. The van der Waals surface area contributed by atoms with Crippen molar-refractivity contribution in [3.8, 4) is 17.3 Å². The van der Waals surface area contributed by atoms with Gasteiger partial charge in [0.2, 0.25) is 5.82 Å². The molecule has 3 aromatic rings. The van der Waals surface area contributed by atoms with E-state index in [4.69, 9.17) is 9.15 Å². The van der Waals surface area contributed by atoms with Crippen molar-refractivity contribution >= 4 is 5.96 Å². The van der Waals surface area contributed by atoms with Crippen LogP contribution in [0, 0.1) is 5.82 Å². The summed E-state index contributed by atoms with van der Waals surface area (Å²) in [6.45, 7) is 5.48. The Morgan fingerprint density at radius 2 is 2.11 bits per heavy atom. The van der Waals surface area contributed by atoms with Gasteiger partial charge in [0, 0.05) is 6.54 Å². The third kappa shape index (κ3) is 5.57. The third-order valence-corrected chi connectivity index (χ3v) is 3.71. The third-order valence-electron chi connectivity index (χ3n) is 3.71. The Hall–Kier alpha value is -3.36. The fourth-order valence-electron chi connectivity index (χ4n) is 2.41. The fraction of sp³-hybridized carbons (Fsp3) is 0.316. The molecule has 0 saturated heterocycles. The van der Waals surface area contributed by atoms with Gasteiger partial charge in [-0.15, -0.1) is 5.10 Å². The van der Waals surface area contributed by atoms with E-state index >= 15 is 0 Å². The Morgan fingerprint density at radius 1 is 1.29 bits per heavy atom. The Labute approximate surface area is 162 Å². The highest BCUT2D eigenvalue weighted by Crippen LogP contribution is 2.14. The van der Waals surface area contributed by atoms with Gasteiger partial charge in [0.1, 0.15) is 30.0 Å². The molecule has 8 nitrogen and oxygen atoms in total. The number of H-pyrrole nitrogens is 1. The van der Waals surface area contributed by atoms with E-state index in [1.807, 2.05) is 13.8 Å². The van der Waals surface area contributed by atoms with Crippen LogP contribution in [0.5, 0.6) is 5.75 Å². The van der Waals surface area contributed by atoms with E-state index < -0.39 is 0 Å². The summed E-state index contributed by atoms with van der Waals surface area (Å²) < 4.78 is 24.0. The zero-order chi connectivity index (χ0) is 19.8. The van der Waals surface area contributed by atoms with Gasteiger partial charge in [-0.2, -0.15) is 0 Å². The minimum absolute atomic E-state index is 0.134. The molecule has 0 saturated carbocycles. The van der Waals surface area contributed by atoms with Crippen LogP contribution in [0.25, 0.3) is 11.6 Å². The van der Waals surface area contributed by atoms with Crippen LogP contribution in [0.4, 0.5) is 4.39 Å². The van der Waals surface area contributed by atoms with Crippen LogP contribution in [0.1, 0.15) is 19.7 Å². The summed E-state index contributed by atoms with van der Waals surface area (Å²) in [6.07, 6.45) is 1.44. The van der Waals surface area contributed by atoms with Gasteiger partial charge in [-0.05, 0) is 50.2 Å². The summed E-state index contributed by atoms with van der Waals surface area (Å²) in [4.78, 5) is 8.86. The number of nitrogens with zero attached hydrogens (tertiary/aromatic N) is 3. The van der Waals surface area contributed by atoms with E-state index in [0.29, 0.717) is 48.8 Å². The highest BCUT2D eigenvalue weighted by atomic mass is 19.1. The molecule has 3 N–H and O–H groups in total. The number of aromatic amines is 1. The summed E-state index contributed by atoms with van der Waals surface area (Å²) in [5.74, 6) is 2.68. The van der Waals surface area contributed by atoms with Gasteiger partial charge in [0.05, 0.1) is 12.8 Å². The van der Waals surface area contributed by atoms with E-state index in [1.165, 1.54) is 12.1 Å². The van der Waals surface area contributed by atoms with Crippen LogP contribution in [0.2, 0.25) is 0 Å². The number of guanidine groups is 1. The Kier molecular flexibility index (Phi) is 6.61.